The van der Waals surface area contributed by atoms with Crippen molar-refractivity contribution in [2.24, 2.45) is 5.41 Å². The molecule has 0 aromatic rings. The fourth-order valence-electron chi connectivity index (χ4n) is 2.04. The second-order valence-electron chi connectivity index (χ2n) is 4.72. The lowest BCUT2D eigenvalue weighted by Crippen LogP contribution is -2.44. The van der Waals surface area contributed by atoms with Gasteiger partial charge in [0.15, 0.2) is 0 Å². The average molecular weight is 172 g/mol. The van der Waals surface area contributed by atoms with Gasteiger partial charge in [-0.1, -0.05) is 26.2 Å². The largest absolute Gasteiger partial charge is 0.251 e. The smallest absolute Gasteiger partial charge is 0.103 e. The molecule has 12 heavy (non-hydrogen) atoms. The van der Waals surface area contributed by atoms with E-state index in [1.54, 1.807) is 0 Å². The summed E-state index contributed by atoms with van der Waals surface area (Å²) in [5.41, 5.74) is -0.243. The monoisotopic (exact) mass is 172 g/mol. The fourth-order valence-corrected chi connectivity index (χ4v) is 2.04. The van der Waals surface area contributed by atoms with Crippen molar-refractivity contribution < 1.29 is 10.1 Å². The van der Waals surface area contributed by atoms with E-state index < -0.39 is 5.60 Å². The third-order valence-electron chi connectivity index (χ3n) is 3.64. The summed E-state index contributed by atoms with van der Waals surface area (Å²) in [7, 11) is 0. The van der Waals surface area contributed by atoms with Crippen LogP contribution < -0.4 is 0 Å². The highest BCUT2D eigenvalue weighted by molar-refractivity contribution is 4.92. The molecule has 1 saturated carbocycles. The van der Waals surface area contributed by atoms with Gasteiger partial charge in [-0.25, -0.2) is 4.89 Å². The first-order chi connectivity index (χ1) is 5.52. The SMILES string of the molecule is CC1(C(C)(C)OO)CCCCC1. The van der Waals surface area contributed by atoms with Crippen LogP contribution in [0.25, 0.3) is 0 Å². The zero-order valence-electron chi connectivity index (χ0n) is 8.39. The molecule has 0 radical (unpaired) electrons. The lowest BCUT2D eigenvalue weighted by molar-refractivity contribution is -0.344. The van der Waals surface area contributed by atoms with Crippen LogP contribution in [0.1, 0.15) is 52.9 Å². The molecular weight excluding hydrogens is 152 g/mol. The fraction of sp³-hybridized carbons (Fsp3) is 1.00. The predicted octanol–water partition coefficient (Wildman–Crippen LogP) is 3.23. The molecule has 2 heteroatoms. The van der Waals surface area contributed by atoms with E-state index >= 15 is 0 Å². The van der Waals surface area contributed by atoms with Gasteiger partial charge in [-0.3, -0.25) is 5.26 Å². The van der Waals surface area contributed by atoms with Crippen LogP contribution in [0.5, 0.6) is 0 Å². The maximum atomic E-state index is 8.81. The molecule has 0 saturated heterocycles. The molecular formula is C10H20O2. The standard InChI is InChI=1S/C10H20O2/c1-9(2,12-11)10(3)7-5-4-6-8-10/h11H,4-8H2,1-3H3. The van der Waals surface area contributed by atoms with E-state index in [0.717, 1.165) is 0 Å². The Morgan fingerprint density at radius 1 is 1.17 bits per heavy atom. The van der Waals surface area contributed by atoms with Gasteiger partial charge in [-0.05, 0) is 32.1 Å². The molecule has 0 spiro atoms. The molecule has 0 aliphatic heterocycles. The summed E-state index contributed by atoms with van der Waals surface area (Å²) in [6.07, 6.45) is 6.20. The molecule has 0 aromatic heterocycles. The maximum Gasteiger partial charge on any atom is 0.103 e. The van der Waals surface area contributed by atoms with Crippen LogP contribution in [0.4, 0.5) is 0 Å². The van der Waals surface area contributed by atoms with Crippen LogP contribution in [-0.4, -0.2) is 10.9 Å². The van der Waals surface area contributed by atoms with Gasteiger partial charge in [0.1, 0.15) is 5.60 Å². The number of hydrogen-bond acceptors (Lipinski definition) is 2. The van der Waals surface area contributed by atoms with E-state index in [1.165, 1.54) is 32.1 Å². The summed E-state index contributed by atoms with van der Waals surface area (Å²) < 4.78 is 0. The van der Waals surface area contributed by atoms with E-state index in [2.05, 4.69) is 11.8 Å². The van der Waals surface area contributed by atoms with Gasteiger partial charge in [0.05, 0.1) is 0 Å². The van der Waals surface area contributed by atoms with E-state index in [-0.39, 0.29) is 5.41 Å². The zero-order valence-corrected chi connectivity index (χ0v) is 8.39. The number of rotatable bonds is 2. The van der Waals surface area contributed by atoms with E-state index in [4.69, 9.17) is 5.26 Å². The van der Waals surface area contributed by atoms with Crippen molar-refractivity contribution in [2.45, 2.75) is 58.5 Å². The topological polar surface area (TPSA) is 29.5 Å². The van der Waals surface area contributed by atoms with Crippen LogP contribution in [0, 0.1) is 5.41 Å². The molecule has 1 aliphatic carbocycles. The minimum absolute atomic E-state index is 0.153. The quantitative estimate of drug-likeness (QED) is 0.512. The maximum absolute atomic E-state index is 8.81. The third kappa shape index (κ3) is 1.64. The summed E-state index contributed by atoms with van der Waals surface area (Å²) in [6, 6.07) is 0. The molecule has 0 aromatic carbocycles. The number of hydrogen-bond donors (Lipinski definition) is 1. The lowest BCUT2D eigenvalue weighted by Gasteiger charge is -2.44. The van der Waals surface area contributed by atoms with Crippen LogP contribution in [0.3, 0.4) is 0 Å². The van der Waals surface area contributed by atoms with Crippen LogP contribution in [-0.2, 0) is 4.89 Å². The molecule has 1 aliphatic rings. The molecule has 0 amide bonds. The second kappa shape index (κ2) is 3.35. The Morgan fingerprint density at radius 3 is 2.08 bits per heavy atom. The molecule has 1 fully saturated rings. The Balaban J connectivity index is 2.68. The summed E-state index contributed by atoms with van der Waals surface area (Å²) in [5.74, 6) is 0. The highest BCUT2D eigenvalue weighted by atomic mass is 17.1. The molecule has 0 atom stereocenters. The average Bonchev–Trinajstić information content (AvgIpc) is 2.06. The van der Waals surface area contributed by atoms with Crippen molar-refractivity contribution in [3.05, 3.63) is 0 Å². The van der Waals surface area contributed by atoms with Crippen molar-refractivity contribution in [1.29, 1.82) is 0 Å². The van der Waals surface area contributed by atoms with Gasteiger partial charge in [0.25, 0.3) is 0 Å². The summed E-state index contributed by atoms with van der Waals surface area (Å²) in [4.78, 5) is 4.58. The van der Waals surface area contributed by atoms with Gasteiger partial charge in [0.2, 0.25) is 0 Å². The lowest BCUT2D eigenvalue weighted by atomic mass is 9.66. The Morgan fingerprint density at radius 2 is 1.67 bits per heavy atom. The first-order valence-electron chi connectivity index (χ1n) is 4.84. The molecule has 0 unspecified atom stereocenters. The zero-order chi connectivity index (χ0) is 9.24. The van der Waals surface area contributed by atoms with Crippen molar-refractivity contribution in [2.75, 3.05) is 0 Å². The summed E-state index contributed by atoms with van der Waals surface area (Å²) >= 11 is 0. The molecule has 1 rings (SSSR count). The minimum atomic E-state index is -0.395. The van der Waals surface area contributed by atoms with Crippen LogP contribution >= 0.6 is 0 Å². The molecule has 0 bridgehead atoms. The van der Waals surface area contributed by atoms with E-state index in [9.17, 15) is 0 Å². The summed E-state index contributed by atoms with van der Waals surface area (Å²) in [5, 5.41) is 8.81. The van der Waals surface area contributed by atoms with Crippen LogP contribution in [0.2, 0.25) is 0 Å². The Labute approximate surface area is 74.9 Å². The molecule has 2 nitrogen and oxygen atoms in total. The van der Waals surface area contributed by atoms with Crippen molar-refractivity contribution in [3.63, 3.8) is 0 Å². The van der Waals surface area contributed by atoms with Crippen molar-refractivity contribution in [1.82, 2.24) is 0 Å². The Hall–Kier alpha value is -0.0800. The van der Waals surface area contributed by atoms with Crippen LogP contribution in [0.15, 0.2) is 0 Å². The van der Waals surface area contributed by atoms with Gasteiger partial charge < -0.3 is 0 Å². The van der Waals surface area contributed by atoms with Gasteiger partial charge in [0, 0.05) is 0 Å². The second-order valence-corrected chi connectivity index (χ2v) is 4.72. The minimum Gasteiger partial charge on any atom is -0.251 e. The first-order valence-corrected chi connectivity index (χ1v) is 4.84. The molecule has 0 heterocycles. The van der Waals surface area contributed by atoms with Crippen molar-refractivity contribution in [3.8, 4) is 0 Å². The van der Waals surface area contributed by atoms with E-state index in [0.29, 0.717) is 0 Å². The summed E-state index contributed by atoms with van der Waals surface area (Å²) in [6.45, 7) is 6.15. The normalized spacial score (nSPS) is 24.0. The molecule has 72 valence electrons. The Kier molecular flexibility index (Phi) is 2.79. The van der Waals surface area contributed by atoms with Gasteiger partial charge in [-0.15, -0.1) is 0 Å². The van der Waals surface area contributed by atoms with Gasteiger partial charge in [-0.2, -0.15) is 0 Å². The first kappa shape index (κ1) is 10.0. The predicted molar refractivity (Wildman–Crippen MR) is 49.0 cm³/mol. The van der Waals surface area contributed by atoms with E-state index in [1.807, 2.05) is 13.8 Å². The molecule has 1 N–H and O–H groups in total. The van der Waals surface area contributed by atoms with Crippen molar-refractivity contribution >= 4 is 0 Å². The third-order valence-corrected chi connectivity index (χ3v) is 3.64. The Bertz CT molecular complexity index is 146. The highest BCUT2D eigenvalue weighted by Crippen LogP contribution is 2.45. The highest BCUT2D eigenvalue weighted by Gasteiger charge is 2.43. The van der Waals surface area contributed by atoms with Gasteiger partial charge >= 0.3 is 0 Å².